The molecule has 0 spiro atoms. The van der Waals surface area contributed by atoms with E-state index in [1.807, 2.05) is 26.0 Å². The van der Waals surface area contributed by atoms with Crippen molar-refractivity contribution in [3.05, 3.63) is 40.0 Å². The molecule has 106 valence electrons. The number of rotatable bonds is 3. The summed E-state index contributed by atoms with van der Waals surface area (Å²) in [5.41, 5.74) is 4.19. The second-order valence-corrected chi connectivity index (χ2v) is 5.41. The second-order valence-electron chi connectivity index (χ2n) is 5.02. The van der Waals surface area contributed by atoms with E-state index < -0.39 is 0 Å². The maximum atomic E-state index is 6.00. The van der Waals surface area contributed by atoms with Gasteiger partial charge in [0.05, 0.1) is 29.8 Å². The summed E-state index contributed by atoms with van der Waals surface area (Å²) in [6, 6.07) is 3.98. The lowest BCUT2D eigenvalue weighted by atomic mass is 9.99. The first-order valence-electron chi connectivity index (χ1n) is 6.70. The van der Waals surface area contributed by atoms with E-state index in [-0.39, 0.29) is 6.04 Å². The predicted molar refractivity (Wildman–Crippen MR) is 77.9 cm³/mol. The lowest BCUT2D eigenvalue weighted by Gasteiger charge is -2.27. The summed E-state index contributed by atoms with van der Waals surface area (Å²) in [4.78, 5) is 4.44. The van der Waals surface area contributed by atoms with Crippen LogP contribution in [0.5, 0.6) is 0 Å². The molecule has 20 heavy (non-hydrogen) atoms. The van der Waals surface area contributed by atoms with Crippen molar-refractivity contribution >= 4 is 17.3 Å². The summed E-state index contributed by atoms with van der Waals surface area (Å²) in [7, 11) is 0. The average molecular weight is 293 g/mol. The van der Waals surface area contributed by atoms with Crippen LogP contribution in [0, 0.1) is 13.8 Å². The zero-order valence-electron chi connectivity index (χ0n) is 11.5. The molecule has 0 fully saturated rings. The molecule has 2 N–H and O–H groups in total. The van der Waals surface area contributed by atoms with Gasteiger partial charge in [0.25, 0.3) is 0 Å². The number of aryl methyl sites for hydroxylation is 2. The Labute approximate surface area is 122 Å². The van der Waals surface area contributed by atoms with Crippen molar-refractivity contribution in [3.8, 4) is 0 Å². The molecule has 3 heterocycles. The maximum Gasteiger partial charge on any atom is 0.137 e. The number of nitrogens with one attached hydrogen (secondary N) is 2. The van der Waals surface area contributed by atoms with Gasteiger partial charge in [-0.3, -0.25) is 5.32 Å². The highest BCUT2D eigenvalue weighted by Gasteiger charge is 2.22. The van der Waals surface area contributed by atoms with Crippen LogP contribution in [0.3, 0.4) is 0 Å². The molecule has 6 heteroatoms. The fraction of sp³-hybridized carbons (Fsp3) is 0.429. The monoisotopic (exact) mass is 292 g/mol. The number of nitrogens with zero attached hydrogens (tertiary/aromatic N) is 2. The van der Waals surface area contributed by atoms with Crippen molar-refractivity contribution < 1.29 is 4.52 Å². The zero-order valence-corrected chi connectivity index (χ0v) is 12.3. The van der Waals surface area contributed by atoms with Gasteiger partial charge >= 0.3 is 0 Å². The fourth-order valence-electron chi connectivity index (χ4n) is 2.62. The first kappa shape index (κ1) is 13.4. The molecule has 5 nitrogen and oxygen atoms in total. The summed E-state index contributed by atoms with van der Waals surface area (Å²) in [6.45, 7) is 4.67. The summed E-state index contributed by atoms with van der Waals surface area (Å²) in [5, 5.41) is 11.2. The molecule has 0 radical (unpaired) electrons. The zero-order chi connectivity index (χ0) is 14.1. The highest BCUT2D eigenvalue weighted by molar-refractivity contribution is 6.29. The van der Waals surface area contributed by atoms with Crippen LogP contribution >= 0.6 is 11.6 Å². The molecule has 1 unspecified atom stereocenters. The molecular formula is C14H17ClN4O. The van der Waals surface area contributed by atoms with E-state index in [9.17, 15) is 0 Å². The Kier molecular flexibility index (Phi) is 3.63. The molecule has 2 aromatic rings. The van der Waals surface area contributed by atoms with E-state index in [1.165, 1.54) is 5.56 Å². The first-order valence-corrected chi connectivity index (χ1v) is 7.08. The quantitative estimate of drug-likeness (QED) is 0.852. The van der Waals surface area contributed by atoms with Gasteiger partial charge in [-0.1, -0.05) is 16.8 Å². The highest BCUT2D eigenvalue weighted by atomic mass is 35.5. The Hall–Kier alpha value is -1.59. The molecule has 0 bridgehead atoms. The van der Waals surface area contributed by atoms with Gasteiger partial charge in [-0.05, 0) is 38.8 Å². The summed E-state index contributed by atoms with van der Waals surface area (Å²) < 4.78 is 5.20. The Balaban J connectivity index is 1.78. The Bertz CT molecular complexity index is 606. The van der Waals surface area contributed by atoms with Crippen LogP contribution in [0.2, 0.25) is 5.15 Å². The van der Waals surface area contributed by atoms with E-state index in [0.29, 0.717) is 5.15 Å². The molecule has 1 aliphatic heterocycles. The number of fused-ring (bicyclic) bond motifs is 1. The maximum absolute atomic E-state index is 6.00. The number of hydrogen-bond acceptors (Lipinski definition) is 5. The number of aromatic nitrogens is 2. The Morgan fingerprint density at radius 1 is 1.40 bits per heavy atom. The van der Waals surface area contributed by atoms with Crippen LogP contribution in [-0.2, 0) is 6.42 Å². The molecule has 0 saturated heterocycles. The average Bonchev–Trinajstić information content (AvgIpc) is 2.76. The minimum Gasteiger partial charge on any atom is -0.371 e. The van der Waals surface area contributed by atoms with Crippen LogP contribution in [0.1, 0.15) is 35.2 Å². The minimum atomic E-state index is 0.193. The standard InChI is InChI=1S/C14H17ClN4O/c1-8-10(9(2)20-19-8)3-4-11-14-12(17-7-16-11)5-6-13(15)18-14/h5-6,11,16-17H,3-4,7H2,1-2H3. The van der Waals surface area contributed by atoms with Crippen LogP contribution in [0.25, 0.3) is 0 Å². The van der Waals surface area contributed by atoms with Crippen LogP contribution < -0.4 is 10.6 Å². The Morgan fingerprint density at radius 3 is 3.00 bits per heavy atom. The topological polar surface area (TPSA) is 63.0 Å². The second kappa shape index (κ2) is 5.42. The Morgan fingerprint density at radius 2 is 2.25 bits per heavy atom. The van der Waals surface area contributed by atoms with Crippen molar-refractivity contribution in [2.45, 2.75) is 32.7 Å². The van der Waals surface area contributed by atoms with Gasteiger partial charge in [0.2, 0.25) is 0 Å². The molecule has 3 rings (SSSR count). The largest absolute Gasteiger partial charge is 0.371 e. The lowest BCUT2D eigenvalue weighted by molar-refractivity contribution is 0.391. The van der Waals surface area contributed by atoms with Gasteiger partial charge in [0.15, 0.2) is 0 Å². The van der Waals surface area contributed by atoms with Crippen molar-refractivity contribution in [3.63, 3.8) is 0 Å². The molecule has 1 aliphatic rings. The number of hydrogen-bond donors (Lipinski definition) is 2. The van der Waals surface area contributed by atoms with Crippen molar-refractivity contribution in [1.82, 2.24) is 15.5 Å². The van der Waals surface area contributed by atoms with Gasteiger partial charge in [-0.2, -0.15) is 0 Å². The molecule has 0 aliphatic carbocycles. The third-order valence-electron chi connectivity index (χ3n) is 3.71. The fourth-order valence-corrected chi connectivity index (χ4v) is 2.77. The van der Waals surface area contributed by atoms with E-state index in [1.54, 1.807) is 0 Å². The van der Waals surface area contributed by atoms with Crippen molar-refractivity contribution in [2.75, 3.05) is 12.0 Å². The van der Waals surface area contributed by atoms with Gasteiger partial charge in [-0.25, -0.2) is 4.98 Å². The van der Waals surface area contributed by atoms with E-state index in [2.05, 4.69) is 20.8 Å². The van der Waals surface area contributed by atoms with Crippen molar-refractivity contribution in [1.29, 1.82) is 0 Å². The normalized spacial score (nSPS) is 17.6. The van der Waals surface area contributed by atoms with E-state index in [0.717, 1.165) is 42.3 Å². The first-order chi connectivity index (χ1) is 9.65. The number of pyridine rings is 1. The number of halogens is 1. The molecule has 0 aromatic carbocycles. The summed E-state index contributed by atoms with van der Waals surface area (Å²) in [5.74, 6) is 0.899. The van der Waals surface area contributed by atoms with Crippen molar-refractivity contribution in [2.24, 2.45) is 0 Å². The van der Waals surface area contributed by atoms with Crippen LogP contribution in [0.15, 0.2) is 16.7 Å². The lowest BCUT2D eigenvalue weighted by Crippen LogP contribution is -2.33. The molecule has 0 amide bonds. The van der Waals surface area contributed by atoms with E-state index >= 15 is 0 Å². The predicted octanol–water partition coefficient (Wildman–Crippen LogP) is 2.99. The smallest absolute Gasteiger partial charge is 0.137 e. The third-order valence-corrected chi connectivity index (χ3v) is 3.92. The SMILES string of the molecule is Cc1noc(C)c1CCC1NCNc2ccc(Cl)nc21. The van der Waals surface area contributed by atoms with Crippen LogP contribution in [-0.4, -0.2) is 16.8 Å². The van der Waals surface area contributed by atoms with Crippen LogP contribution in [0.4, 0.5) is 5.69 Å². The summed E-state index contributed by atoms with van der Waals surface area (Å²) >= 11 is 6.00. The van der Waals surface area contributed by atoms with Gasteiger partial charge in [0.1, 0.15) is 10.9 Å². The van der Waals surface area contributed by atoms with Gasteiger partial charge in [0, 0.05) is 5.56 Å². The van der Waals surface area contributed by atoms with Gasteiger partial charge < -0.3 is 9.84 Å². The highest BCUT2D eigenvalue weighted by Crippen LogP contribution is 2.29. The molecule has 2 aromatic heterocycles. The molecule has 0 saturated carbocycles. The third kappa shape index (κ3) is 2.51. The van der Waals surface area contributed by atoms with E-state index in [4.69, 9.17) is 16.1 Å². The number of anilines is 1. The minimum absolute atomic E-state index is 0.193. The van der Waals surface area contributed by atoms with Gasteiger partial charge in [-0.15, -0.1) is 0 Å². The summed E-state index contributed by atoms with van der Waals surface area (Å²) in [6.07, 6.45) is 1.84. The molecule has 1 atom stereocenters. The molecular weight excluding hydrogens is 276 g/mol.